The molecule has 2 N–H and O–H groups in total. The van der Waals surface area contributed by atoms with Gasteiger partial charge in [0.05, 0.1) is 39.0 Å². The van der Waals surface area contributed by atoms with Crippen molar-refractivity contribution in [1.82, 2.24) is 0 Å². The van der Waals surface area contributed by atoms with E-state index in [1.165, 1.54) is 11.8 Å². The summed E-state index contributed by atoms with van der Waals surface area (Å²) < 4.78 is 15.6. The number of esters is 1. The zero-order valence-electron chi connectivity index (χ0n) is 20.2. The lowest BCUT2D eigenvalue weighted by Crippen LogP contribution is -2.41. The van der Waals surface area contributed by atoms with Crippen LogP contribution in [0.5, 0.6) is 5.75 Å². The minimum atomic E-state index is -0.886. The van der Waals surface area contributed by atoms with Gasteiger partial charge in [-0.25, -0.2) is 0 Å². The molecule has 0 aliphatic heterocycles. The Balaban J connectivity index is 2.49. The first-order valence-electron chi connectivity index (χ1n) is 10.7. The van der Waals surface area contributed by atoms with Gasteiger partial charge in [0, 0.05) is 15.9 Å². The zero-order chi connectivity index (χ0) is 23.8. The van der Waals surface area contributed by atoms with E-state index in [0.717, 1.165) is 11.3 Å². The van der Waals surface area contributed by atoms with E-state index >= 15 is 0 Å². The van der Waals surface area contributed by atoms with Crippen LogP contribution in [0.2, 0.25) is 0 Å². The molecule has 7 heteroatoms. The molecule has 6 nitrogen and oxygen atoms in total. The van der Waals surface area contributed by atoms with Gasteiger partial charge in [-0.3, -0.25) is 4.79 Å². The van der Waals surface area contributed by atoms with Gasteiger partial charge in [-0.15, -0.1) is 11.8 Å². The number of rotatable bonds is 12. The summed E-state index contributed by atoms with van der Waals surface area (Å²) in [6, 6.07) is 7.68. The van der Waals surface area contributed by atoms with Crippen molar-refractivity contribution in [2.75, 3.05) is 13.7 Å². The summed E-state index contributed by atoms with van der Waals surface area (Å²) in [6.07, 6.45) is -1.59. The molecule has 1 unspecified atom stereocenters. The third-order valence-electron chi connectivity index (χ3n) is 4.94. The maximum atomic E-state index is 12.1. The van der Waals surface area contributed by atoms with Crippen molar-refractivity contribution >= 4 is 17.7 Å². The lowest BCUT2D eigenvalue weighted by atomic mass is 10.0. The van der Waals surface area contributed by atoms with E-state index in [2.05, 4.69) is 0 Å². The first kappa shape index (κ1) is 27.8. The number of aliphatic hydroxyl groups excluding tert-OH is 2. The van der Waals surface area contributed by atoms with Gasteiger partial charge in [-0.1, -0.05) is 26.0 Å². The van der Waals surface area contributed by atoms with Crippen LogP contribution in [-0.2, 0) is 20.9 Å². The molecule has 0 aliphatic rings. The Morgan fingerprint density at radius 1 is 1.06 bits per heavy atom. The molecule has 0 heterocycles. The van der Waals surface area contributed by atoms with Crippen LogP contribution in [0.1, 0.15) is 60.5 Å². The second-order valence-corrected chi connectivity index (χ2v) is 11.6. The number of methoxy groups -OCH3 is 1. The zero-order valence-corrected chi connectivity index (χ0v) is 21.0. The van der Waals surface area contributed by atoms with Crippen molar-refractivity contribution in [3.8, 4) is 5.75 Å². The number of hydrogen-bond donors (Lipinski definition) is 2. The van der Waals surface area contributed by atoms with Gasteiger partial charge in [0.2, 0.25) is 0 Å². The summed E-state index contributed by atoms with van der Waals surface area (Å²) in [5, 5.41) is 21.2. The van der Waals surface area contributed by atoms with E-state index in [-0.39, 0.29) is 17.6 Å². The quantitative estimate of drug-likeness (QED) is 0.456. The molecule has 0 saturated heterocycles. The van der Waals surface area contributed by atoms with Gasteiger partial charge in [-0.2, -0.15) is 0 Å². The molecule has 178 valence electrons. The van der Waals surface area contributed by atoms with Gasteiger partial charge in [0.1, 0.15) is 11.4 Å². The van der Waals surface area contributed by atoms with E-state index in [0.29, 0.717) is 13.2 Å². The Hall–Kier alpha value is -1.28. The first-order chi connectivity index (χ1) is 14.2. The van der Waals surface area contributed by atoms with Gasteiger partial charge >= 0.3 is 5.97 Å². The lowest BCUT2D eigenvalue weighted by molar-refractivity contribution is -0.157. The van der Waals surface area contributed by atoms with Gasteiger partial charge in [0.15, 0.2) is 0 Å². The van der Waals surface area contributed by atoms with Gasteiger partial charge in [0.25, 0.3) is 0 Å². The fraction of sp³-hybridized carbons (Fsp3) is 0.708. The maximum Gasteiger partial charge on any atom is 0.308 e. The Morgan fingerprint density at radius 2 is 1.65 bits per heavy atom. The molecule has 0 aliphatic carbocycles. The average Bonchev–Trinajstić information content (AvgIpc) is 2.65. The fourth-order valence-electron chi connectivity index (χ4n) is 3.06. The standard InChI is InChI=1S/C24H40O6S/c1-16(14-29-15-18-9-11-19(28-8)12-10-18)22(27)17(2)31-24(6,7)20(25)13-21(26)30-23(3,4)5/h9-12,16-17,20,22,25,27H,13-15H2,1-8H3/t16-,17-,20?,22+/m1/s1. The molecule has 0 amide bonds. The molecule has 1 aromatic rings. The Kier molecular flexibility index (Phi) is 10.8. The number of benzene rings is 1. The largest absolute Gasteiger partial charge is 0.497 e. The van der Waals surface area contributed by atoms with Crippen molar-refractivity contribution in [2.24, 2.45) is 5.92 Å². The molecule has 0 saturated carbocycles. The normalized spacial score (nSPS) is 16.3. The number of carbonyl (C=O) groups is 1. The highest BCUT2D eigenvalue weighted by Gasteiger charge is 2.36. The Labute approximate surface area is 191 Å². The third kappa shape index (κ3) is 10.3. The number of thioether (sulfide) groups is 1. The summed E-state index contributed by atoms with van der Waals surface area (Å²) in [4.78, 5) is 12.1. The maximum absolute atomic E-state index is 12.1. The van der Waals surface area contributed by atoms with Gasteiger partial charge in [-0.05, 0) is 52.3 Å². The predicted molar refractivity (Wildman–Crippen MR) is 125 cm³/mol. The third-order valence-corrected chi connectivity index (χ3v) is 6.47. The number of carbonyl (C=O) groups excluding carboxylic acids is 1. The van der Waals surface area contributed by atoms with Crippen molar-refractivity contribution in [3.05, 3.63) is 29.8 Å². The van der Waals surface area contributed by atoms with E-state index in [9.17, 15) is 15.0 Å². The molecule has 4 atom stereocenters. The van der Waals surface area contributed by atoms with Crippen LogP contribution >= 0.6 is 11.8 Å². The van der Waals surface area contributed by atoms with Crippen LogP contribution in [0.3, 0.4) is 0 Å². The fourth-order valence-corrected chi connectivity index (χ4v) is 4.67. The molecule has 0 spiro atoms. The summed E-state index contributed by atoms with van der Waals surface area (Å²) in [5.74, 6) is 0.289. The van der Waals surface area contributed by atoms with Crippen molar-refractivity contribution in [1.29, 1.82) is 0 Å². The highest BCUT2D eigenvalue weighted by molar-refractivity contribution is 8.01. The molecule has 31 heavy (non-hydrogen) atoms. The second-order valence-electron chi connectivity index (χ2n) is 9.56. The van der Waals surface area contributed by atoms with Crippen molar-refractivity contribution < 1.29 is 29.2 Å². The highest BCUT2D eigenvalue weighted by atomic mass is 32.2. The Morgan fingerprint density at radius 3 is 2.16 bits per heavy atom. The summed E-state index contributed by atoms with van der Waals surface area (Å²) in [5.41, 5.74) is 0.454. The van der Waals surface area contributed by atoms with Crippen LogP contribution in [0.15, 0.2) is 24.3 Å². The van der Waals surface area contributed by atoms with Gasteiger partial charge < -0.3 is 24.4 Å². The number of hydrogen-bond acceptors (Lipinski definition) is 7. The SMILES string of the molecule is COc1ccc(COC[C@@H](C)[C@H](O)[C@@H](C)SC(C)(C)C(O)CC(=O)OC(C)(C)C)cc1. The monoisotopic (exact) mass is 456 g/mol. The molecular weight excluding hydrogens is 416 g/mol. The van der Waals surface area contributed by atoms with E-state index in [1.807, 2.05) is 52.0 Å². The lowest BCUT2D eigenvalue weighted by Gasteiger charge is -2.35. The Bertz CT molecular complexity index is 668. The smallest absolute Gasteiger partial charge is 0.308 e. The topological polar surface area (TPSA) is 85.2 Å². The molecular formula is C24H40O6S. The summed E-state index contributed by atoms with van der Waals surface area (Å²) in [6.45, 7) is 13.9. The molecule has 0 radical (unpaired) electrons. The average molecular weight is 457 g/mol. The summed E-state index contributed by atoms with van der Waals surface area (Å²) in [7, 11) is 1.63. The molecule has 1 aromatic carbocycles. The van der Waals surface area contributed by atoms with Crippen LogP contribution < -0.4 is 4.74 Å². The molecule has 0 fully saturated rings. The summed E-state index contributed by atoms with van der Waals surface area (Å²) >= 11 is 1.46. The van der Waals surface area contributed by atoms with Crippen LogP contribution in [0.4, 0.5) is 0 Å². The van der Waals surface area contributed by atoms with Crippen molar-refractivity contribution in [3.63, 3.8) is 0 Å². The predicted octanol–water partition coefficient (Wildman–Crippen LogP) is 4.20. The highest BCUT2D eigenvalue weighted by Crippen LogP contribution is 2.36. The minimum Gasteiger partial charge on any atom is -0.497 e. The van der Waals surface area contributed by atoms with E-state index in [4.69, 9.17) is 14.2 Å². The molecule has 1 rings (SSSR count). The van der Waals surface area contributed by atoms with E-state index in [1.54, 1.807) is 27.9 Å². The molecule has 0 aromatic heterocycles. The number of aliphatic hydroxyl groups is 2. The van der Waals surface area contributed by atoms with Crippen LogP contribution in [-0.4, -0.2) is 57.7 Å². The minimum absolute atomic E-state index is 0.0827. The van der Waals surface area contributed by atoms with Crippen LogP contribution in [0, 0.1) is 5.92 Å². The van der Waals surface area contributed by atoms with Crippen molar-refractivity contribution in [2.45, 2.75) is 89.3 Å². The number of ether oxygens (including phenoxy) is 3. The molecule has 0 bridgehead atoms. The van der Waals surface area contributed by atoms with Crippen LogP contribution in [0.25, 0.3) is 0 Å². The van der Waals surface area contributed by atoms with E-state index < -0.39 is 28.5 Å². The second kappa shape index (κ2) is 12.1. The first-order valence-corrected chi connectivity index (χ1v) is 11.6.